The standard InChI is InChI=1S/C17H21NO/c1-18-17(13-6-7-13)10-14-5-3-4-12-8-9-15(19-2)11-16(12)14/h3-5,8-9,11,13,17-18H,6-7,10H2,1-2H3. The number of fused-ring (bicyclic) bond motifs is 1. The zero-order valence-electron chi connectivity index (χ0n) is 11.6. The third-order valence-corrected chi connectivity index (χ3v) is 4.18. The van der Waals surface area contributed by atoms with E-state index in [-0.39, 0.29) is 0 Å². The van der Waals surface area contributed by atoms with Crippen LogP contribution in [0.4, 0.5) is 0 Å². The SMILES string of the molecule is CNC(Cc1cccc2ccc(OC)cc12)C1CC1. The number of methoxy groups -OCH3 is 1. The van der Waals surface area contributed by atoms with E-state index in [1.54, 1.807) is 7.11 Å². The van der Waals surface area contributed by atoms with Crippen LogP contribution >= 0.6 is 0 Å². The van der Waals surface area contributed by atoms with Crippen LogP contribution < -0.4 is 10.1 Å². The van der Waals surface area contributed by atoms with E-state index in [0.717, 1.165) is 18.1 Å². The second kappa shape index (κ2) is 5.22. The van der Waals surface area contributed by atoms with Crippen LogP contribution in [0.3, 0.4) is 0 Å². The first kappa shape index (κ1) is 12.5. The maximum atomic E-state index is 5.35. The molecule has 1 fully saturated rings. The van der Waals surface area contributed by atoms with Crippen molar-refractivity contribution in [2.75, 3.05) is 14.2 Å². The van der Waals surface area contributed by atoms with E-state index in [2.05, 4.69) is 42.7 Å². The summed E-state index contributed by atoms with van der Waals surface area (Å²) in [5.41, 5.74) is 1.42. The van der Waals surface area contributed by atoms with Gasteiger partial charge in [0.2, 0.25) is 0 Å². The third-order valence-electron chi connectivity index (χ3n) is 4.18. The lowest BCUT2D eigenvalue weighted by Crippen LogP contribution is -2.29. The largest absolute Gasteiger partial charge is 0.497 e. The van der Waals surface area contributed by atoms with Gasteiger partial charge in [-0.1, -0.05) is 24.3 Å². The minimum absolute atomic E-state index is 0.608. The van der Waals surface area contributed by atoms with E-state index < -0.39 is 0 Å². The van der Waals surface area contributed by atoms with Crippen molar-refractivity contribution in [3.63, 3.8) is 0 Å². The maximum absolute atomic E-state index is 5.35. The zero-order chi connectivity index (χ0) is 13.2. The van der Waals surface area contributed by atoms with Gasteiger partial charge in [0.25, 0.3) is 0 Å². The number of nitrogens with one attached hydrogen (secondary N) is 1. The fraction of sp³-hybridized carbons (Fsp3) is 0.412. The van der Waals surface area contributed by atoms with Crippen LogP contribution in [0, 0.1) is 5.92 Å². The van der Waals surface area contributed by atoms with E-state index >= 15 is 0 Å². The van der Waals surface area contributed by atoms with Crippen molar-refractivity contribution in [2.24, 2.45) is 5.92 Å². The Labute approximate surface area is 114 Å². The predicted molar refractivity (Wildman–Crippen MR) is 79.8 cm³/mol. The van der Waals surface area contributed by atoms with Gasteiger partial charge in [0.05, 0.1) is 7.11 Å². The Bertz CT molecular complexity index is 574. The zero-order valence-corrected chi connectivity index (χ0v) is 11.6. The van der Waals surface area contributed by atoms with E-state index in [1.807, 2.05) is 6.07 Å². The lowest BCUT2D eigenvalue weighted by atomic mass is 9.96. The Morgan fingerprint density at radius 2 is 2.11 bits per heavy atom. The van der Waals surface area contributed by atoms with Crippen molar-refractivity contribution in [2.45, 2.75) is 25.3 Å². The molecule has 3 rings (SSSR count). The second-order valence-corrected chi connectivity index (χ2v) is 5.44. The van der Waals surface area contributed by atoms with Gasteiger partial charge in [-0.2, -0.15) is 0 Å². The van der Waals surface area contributed by atoms with E-state index in [0.29, 0.717) is 6.04 Å². The van der Waals surface area contributed by atoms with Crippen LogP contribution in [0.15, 0.2) is 36.4 Å². The molecule has 2 heteroatoms. The molecular formula is C17H21NO. The van der Waals surface area contributed by atoms with Gasteiger partial charge < -0.3 is 10.1 Å². The summed E-state index contributed by atoms with van der Waals surface area (Å²) < 4.78 is 5.35. The summed E-state index contributed by atoms with van der Waals surface area (Å²) in [6, 6.07) is 13.5. The van der Waals surface area contributed by atoms with Gasteiger partial charge in [-0.15, -0.1) is 0 Å². The minimum Gasteiger partial charge on any atom is -0.497 e. The molecule has 100 valence electrons. The highest BCUT2D eigenvalue weighted by Gasteiger charge is 2.30. The highest BCUT2D eigenvalue weighted by Crippen LogP contribution is 2.35. The highest BCUT2D eigenvalue weighted by atomic mass is 16.5. The molecule has 0 aromatic heterocycles. The number of likely N-dealkylation sites (N-methyl/N-ethyl adjacent to an activating group) is 1. The first-order chi connectivity index (χ1) is 9.31. The smallest absolute Gasteiger partial charge is 0.119 e. The Morgan fingerprint density at radius 1 is 1.26 bits per heavy atom. The van der Waals surface area contributed by atoms with Crippen LogP contribution in [0.25, 0.3) is 10.8 Å². The predicted octanol–water partition coefficient (Wildman–Crippen LogP) is 3.39. The van der Waals surface area contributed by atoms with Gasteiger partial charge in [-0.05, 0) is 60.7 Å². The summed E-state index contributed by atoms with van der Waals surface area (Å²) in [6.45, 7) is 0. The van der Waals surface area contributed by atoms with Gasteiger partial charge in [-0.25, -0.2) is 0 Å². The van der Waals surface area contributed by atoms with Crippen LogP contribution in [-0.2, 0) is 6.42 Å². The molecule has 0 heterocycles. The second-order valence-electron chi connectivity index (χ2n) is 5.44. The molecule has 2 nitrogen and oxygen atoms in total. The van der Waals surface area contributed by atoms with Crippen molar-refractivity contribution in [1.82, 2.24) is 5.32 Å². The molecule has 0 saturated heterocycles. The molecule has 0 radical (unpaired) electrons. The molecule has 2 aromatic carbocycles. The molecule has 2 aromatic rings. The van der Waals surface area contributed by atoms with E-state index in [1.165, 1.54) is 29.2 Å². The quantitative estimate of drug-likeness (QED) is 0.884. The molecule has 19 heavy (non-hydrogen) atoms. The molecule has 1 unspecified atom stereocenters. The number of hydrogen-bond donors (Lipinski definition) is 1. The summed E-state index contributed by atoms with van der Waals surface area (Å²) in [7, 11) is 3.80. The van der Waals surface area contributed by atoms with Gasteiger partial charge in [0.15, 0.2) is 0 Å². The van der Waals surface area contributed by atoms with Crippen molar-refractivity contribution < 1.29 is 4.74 Å². The van der Waals surface area contributed by atoms with Gasteiger partial charge in [0, 0.05) is 6.04 Å². The number of hydrogen-bond acceptors (Lipinski definition) is 2. The Kier molecular flexibility index (Phi) is 3.43. The van der Waals surface area contributed by atoms with Crippen molar-refractivity contribution >= 4 is 10.8 Å². The molecule has 0 spiro atoms. The first-order valence-electron chi connectivity index (χ1n) is 7.04. The molecule has 1 aliphatic rings. The highest BCUT2D eigenvalue weighted by molar-refractivity contribution is 5.87. The Balaban J connectivity index is 1.96. The topological polar surface area (TPSA) is 21.3 Å². The molecular weight excluding hydrogens is 234 g/mol. The third kappa shape index (κ3) is 2.59. The van der Waals surface area contributed by atoms with Gasteiger partial charge >= 0.3 is 0 Å². The van der Waals surface area contributed by atoms with Gasteiger partial charge in [0.1, 0.15) is 5.75 Å². The Hall–Kier alpha value is -1.54. The molecule has 1 atom stereocenters. The minimum atomic E-state index is 0.608. The summed E-state index contributed by atoms with van der Waals surface area (Å²) in [6.07, 6.45) is 3.85. The average Bonchev–Trinajstić information content (AvgIpc) is 3.29. The van der Waals surface area contributed by atoms with Crippen molar-refractivity contribution in [3.8, 4) is 5.75 Å². The first-order valence-corrected chi connectivity index (χ1v) is 7.04. The normalized spacial score (nSPS) is 16.5. The lowest BCUT2D eigenvalue weighted by Gasteiger charge is -2.17. The van der Waals surface area contributed by atoms with Crippen LogP contribution in [0.2, 0.25) is 0 Å². The Morgan fingerprint density at radius 3 is 2.79 bits per heavy atom. The number of ether oxygens (including phenoxy) is 1. The summed E-state index contributed by atoms with van der Waals surface area (Å²) >= 11 is 0. The van der Waals surface area contributed by atoms with Gasteiger partial charge in [-0.3, -0.25) is 0 Å². The van der Waals surface area contributed by atoms with Crippen molar-refractivity contribution in [3.05, 3.63) is 42.0 Å². The molecule has 1 N–H and O–H groups in total. The van der Waals surface area contributed by atoms with Crippen molar-refractivity contribution in [1.29, 1.82) is 0 Å². The van der Waals surface area contributed by atoms with Crippen LogP contribution in [0.5, 0.6) is 5.75 Å². The average molecular weight is 255 g/mol. The number of benzene rings is 2. The molecule has 1 saturated carbocycles. The maximum Gasteiger partial charge on any atom is 0.119 e. The summed E-state index contributed by atoms with van der Waals surface area (Å²) in [5, 5.41) is 6.09. The fourth-order valence-electron chi connectivity index (χ4n) is 2.86. The van der Waals surface area contributed by atoms with E-state index in [4.69, 9.17) is 4.74 Å². The monoisotopic (exact) mass is 255 g/mol. The molecule has 1 aliphatic carbocycles. The lowest BCUT2D eigenvalue weighted by molar-refractivity contribution is 0.415. The molecule has 0 amide bonds. The summed E-state index contributed by atoms with van der Waals surface area (Å²) in [4.78, 5) is 0. The van der Waals surface area contributed by atoms with Crippen LogP contribution in [0.1, 0.15) is 18.4 Å². The molecule has 0 bridgehead atoms. The number of rotatable bonds is 5. The fourth-order valence-corrected chi connectivity index (χ4v) is 2.86. The summed E-state index contributed by atoms with van der Waals surface area (Å²) in [5.74, 6) is 1.80. The van der Waals surface area contributed by atoms with E-state index in [9.17, 15) is 0 Å². The van der Waals surface area contributed by atoms with Crippen LogP contribution in [-0.4, -0.2) is 20.2 Å². The molecule has 0 aliphatic heterocycles.